The van der Waals surface area contributed by atoms with Gasteiger partial charge in [-0.15, -0.1) is 0 Å². The summed E-state index contributed by atoms with van der Waals surface area (Å²) in [5, 5.41) is 0. The lowest BCUT2D eigenvalue weighted by Crippen LogP contribution is -2.13. The molecule has 0 amide bonds. The minimum absolute atomic E-state index is 0.546. The highest BCUT2D eigenvalue weighted by molar-refractivity contribution is 5.64. The molecule has 1 aliphatic carbocycles. The highest BCUT2D eigenvalue weighted by atomic mass is 19.1. The Morgan fingerprint density at radius 2 is 1.17 bits per heavy atom. The maximum atomic E-state index is 13.4. The van der Waals surface area contributed by atoms with Gasteiger partial charge in [-0.2, -0.15) is 0 Å². The molecule has 158 valence electrons. The van der Waals surface area contributed by atoms with Crippen LogP contribution in [0.2, 0.25) is 0 Å². The Hall–Kier alpha value is -1.63. The van der Waals surface area contributed by atoms with Crippen LogP contribution in [0.25, 0.3) is 11.1 Å². The third kappa shape index (κ3) is 7.28. The highest BCUT2D eigenvalue weighted by Gasteiger charge is 2.21. The van der Waals surface area contributed by atoms with Gasteiger partial charge < -0.3 is 0 Å². The van der Waals surface area contributed by atoms with Gasteiger partial charge in [0.15, 0.2) is 0 Å². The van der Waals surface area contributed by atoms with Gasteiger partial charge in [-0.05, 0) is 66.7 Å². The van der Waals surface area contributed by atoms with Gasteiger partial charge in [-0.3, -0.25) is 0 Å². The van der Waals surface area contributed by atoms with Gasteiger partial charge in [0.1, 0.15) is 6.17 Å². The van der Waals surface area contributed by atoms with Crippen molar-refractivity contribution >= 4 is 0 Å². The number of aryl methyl sites for hydroxylation is 1. The first-order chi connectivity index (χ1) is 14.3. The van der Waals surface area contributed by atoms with E-state index in [0.29, 0.717) is 5.92 Å². The summed E-state index contributed by atoms with van der Waals surface area (Å²) in [6.45, 7) is 2.28. The monoisotopic (exact) mass is 394 g/mol. The molecule has 3 rings (SSSR count). The molecule has 0 unspecified atom stereocenters. The Labute approximate surface area is 177 Å². The molecule has 0 heterocycles. The van der Waals surface area contributed by atoms with E-state index in [9.17, 15) is 4.39 Å². The van der Waals surface area contributed by atoms with Gasteiger partial charge in [-0.25, -0.2) is 4.39 Å². The maximum absolute atomic E-state index is 13.4. The number of halogens is 1. The first-order valence-corrected chi connectivity index (χ1v) is 12.1. The summed E-state index contributed by atoms with van der Waals surface area (Å²) in [5.41, 5.74) is 5.42. The third-order valence-corrected chi connectivity index (χ3v) is 6.65. The molecular weight excluding hydrogens is 355 g/mol. The zero-order valence-electron chi connectivity index (χ0n) is 18.3. The number of hydrogen-bond donors (Lipinski definition) is 0. The molecule has 0 nitrogen and oxygen atoms in total. The minimum atomic E-state index is -0.574. The average Bonchev–Trinajstić information content (AvgIpc) is 2.77. The Bertz CT molecular complexity index is 677. The van der Waals surface area contributed by atoms with Crippen molar-refractivity contribution in [1.82, 2.24) is 0 Å². The highest BCUT2D eigenvalue weighted by Crippen LogP contribution is 2.34. The first kappa shape index (κ1) is 22.1. The number of rotatable bonds is 11. The Morgan fingerprint density at radius 3 is 1.76 bits per heavy atom. The van der Waals surface area contributed by atoms with Crippen LogP contribution in [0.1, 0.15) is 101 Å². The second-order valence-electron chi connectivity index (χ2n) is 8.99. The number of unbranched alkanes of at least 4 members (excludes halogenated alkanes) is 7. The van der Waals surface area contributed by atoms with Crippen LogP contribution in [0.15, 0.2) is 48.5 Å². The molecule has 0 bridgehead atoms. The van der Waals surface area contributed by atoms with Crippen LogP contribution in [-0.2, 0) is 6.42 Å². The van der Waals surface area contributed by atoms with Gasteiger partial charge in [0.2, 0.25) is 0 Å². The molecule has 2 aromatic carbocycles. The van der Waals surface area contributed by atoms with Gasteiger partial charge >= 0.3 is 0 Å². The van der Waals surface area contributed by atoms with E-state index in [1.54, 1.807) is 0 Å². The fourth-order valence-corrected chi connectivity index (χ4v) is 4.66. The van der Waals surface area contributed by atoms with Crippen LogP contribution in [-0.4, -0.2) is 6.17 Å². The van der Waals surface area contributed by atoms with E-state index in [2.05, 4.69) is 55.5 Å². The van der Waals surface area contributed by atoms with Gasteiger partial charge in [0, 0.05) is 0 Å². The maximum Gasteiger partial charge on any atom is 0.100 e. The molecule has 0 N–H and O–H groups in total. The normalized spacial score (nSPS) is 19.4. The largest absolute Gasteiger partial charge is 0.247 e. The Kier molecular flexibility index (Phi) is 9.25. The summed E-state index contributed by atoms with van der Waals surface area (Å²) in [5.74, 6) is 0.546. The van der Waals surface area contributed by atoms with Crippen molar-refractivity contribution in [2.24, 2.45) is 0 Å². The van der Waals surface area contributed by atoms with Crippen LogP contribution in [0.4, 0.5) is 4.39 Å². The second-order valence-corrected chi connectivity index (χ2v) is 8.99. The van der Waals surface area contributed by atoms with Crippen molar-refractivity contribution in [2.75, 3.05) is 0 Å². The van der Waals surface area contributed by atoms with Crippen molar-refractivity contribution in [1.29, 1.82) is 0 Å². The van der Waals surface area contributed by atoms with E-state index in [1.165, 1.54) is 80.0 Å². The Morgan fingerprint density at radius 1 is 0.655 bits per heavy atom. The molecule has 2 aromatic rings. The van der Waals surface area contributed by atoms with Crippen molar-refractivity contribution in [3.8, 4) is 11.1 Å². The lowest BCUT2D eigenvalue weighted by atomic mass is 9.83. The van der Waals surface area contributed by atoms with Crippen molar-refractivity contribution in [3.05, 3.63) is 59.7 Å². The van der Waals surface area contributed by atoms with E-state index in [4.69, 9.17) is 0 Å². The summed E-state index contributed by atoms with van der Waals surface area (Å²) in [6, 6.07) is 18.1. The van der Waals surface area contributed by atoms with E-state index in [0.717, 1.165) is 25.7 Å². The van der Waals surface area contributed by atoms with Crippen molar-refractivity contribution < 1.29 is 4.39 Å². The second kappa shape index (κ2) is 12.2. The van der Waals surface area contributed by atoms with E-state index < -0.39 is 6.17 Å². The summed E-state index contributed by atoms with van der Waals surface area (Å²) in [6.07, 6.45) is 15.1. The molecule has 0 atom stereocenters. The van der Waals surface area contributed by atoms with Crippen LogP contribution in [0.3, 0.4) is 0 Å². The van der Waals surface area contributed by atoms with Crippen LogP contribution in [0, 0.1) is 0 Å². The third-order valence-electron chi connectivity index (χ3n) is 6.65. The standard InChI is InChI=1S/C28H39F/c1-2-3-4-5-6-7-8-9-10-23-11-13-24(14-12-23)25-15-17-26(18-16-25)27-19-21-28(29)22-20-27/h11-18,27-28H,2-10,19-22H2,1H3. The lowest BCUT2D eigenvalue weighted by molar-refractivity contribution is 0.235. The van der Waals surface area contributed by atoms with E-state index in [-0.39, 0.29) is 0 Å². The first-order valence-electron chi connectivity index (χ1n) is 12.1. The van der Waals surface area contributed by atoms with Crippen LogP contribution in [0.5, 0.6) is 0 Å². The fraction of sp³-hybridized carbons (Fsp3) is 0.571. The average molecular weight is 395 g/mol. The number of benzene rings is 2. The van der Waals surface area contributed by atoms with Crippen molar-refractivity contribution in [2.45, 2.75) is 102 Å². The van der Waals surface area contributed by atoms with Gasteiger partial charge in [-0.1, -0.05) is 100 Å². The van der Waals surface area contributed by atoms with Crippen molar-refractivity contribution in [3.63, 3.8) is 0 Å². The molecule has 0 spiro atoms. The minimum Gasteiger partial charge on any atom is -0.247 e. The van der Waals surface area contributed by atoms with Gasteiger partial charge in [0.05, 0.1) is 0 Å². The molecule has 1 heteroatoms. The molecular formula is C28H39F. The quantitative estimate of drug-likeness (QED) is 0.333. The SMILES string of the molecule is CCCCCCCCCCc1ccc(-c2ccc(C3CCC(F)CC3)cc2)cc1. The molecule has 1 aliphatic rings. The fourth-order valence-electron chi connectivity index (χ4n) is 4.66. The molecule has 0 aromatic heterocycles. The smallest absolute Gasteiger partial charge is 0.100 e. The number of hydrogen-bond acceptors (Lipinski definition) is 0. The van der Waals surface area contributed by atoms with Crippen LogP contribution < -0.4 is 0 Å². The van der Waals surface area contributed by atoms with Crippen LogP contribution >= 0.6 is 0 Å². The lowest BCUT2D eigenvalue weighted by Gasteiger charge is -2.24. The number of alkyl halides is 1. The predicted molar refractivity (Wildman–Crippen MR) is 124 cm³/mol. The topological polar surface area (TPSA) is 0 Å². The zero-order chi connectivity index (χ0) is 20.3. The Balaban J connectivity index is 1.41. The molecule has 0 radical (unpaired) electrons. The molecule has 0 saturated heterocycles. The predicted octanol–water partition coefficient (Wildman–Crippen LogP) is 9.03. The summed E-state index contributed by atoms with van der Waals surface area (Å²) in [7, 11) is 0. The van der Waals surface area contributed by atoms with Gasteiger partial charge in [0.25, 0.3) is 0 Å². The molecule has 1 fully saturated rings. The molecule has 0 aliphatic heterocycles. The molecule has 29 heavy (non-hydrogen) atoms. The summed E-state index contributed by atoms with van der Waals surface area (Å²) >= 11 is 0. The summed E-state index contributed by atoms with van der Waals surface area (Å²) in [4.78, 5) is 0. The van der Waals surface area contributed by atoms with E-state index in [1.807, 2.05) is 0 Å². The summed E-state index contributed by atoms with van der Waals surface area (Å²) < 4.78 is 13.4. The molecule has 1 saturated carbocycles. The zero-order valence-corrected chi connectivity index (χ0v) is 18.3. The van der Waals surface area contributed by atoms with E-state index >= 15 is 0 Å².